The van der Waals surface area contributed by atoms with Crippen LogP contribution in [-0.4, -0.2) is 11.2 Å². The summed E-state index contributed by atoms with van der Waals surface area (Å²) in [5, 5.41) is 9.83. The molecule has 0 aliphatic heterocycles. The number of aryl methyl sites for hydroxylation is 1. The van der Waals surface area contributed by atoms with Crippen molar-refractivity contribution in [1.82, 2.24) is 0 Å². The van der Waals surface area contributed by atoms with Crippen molar-refractivity contribution in [2.45, 2.75) is 45.9 Å². The fourth-order valence-corrected chi connectivity index (χ4v) is 1.68. The second-order valence-corrected chi connectivity index (χ2v) is 5.73. The Morgan fingerprint density at radius 1 is 1.16 bits per heavy atom. The molecule has 1 atom stereocenters. The Hall–Kier alpha value is -1.10. The lowest BCUT2D eigenvalue weighted by Gasteiger charge is -2.25. The molecule has 1 nitrogen and oxygen atoms in total. The number of alkyl halides is 3. The highest BCUT2D eigenvalue weighted by Crippen LogP contribution is 2.32. The molecule has 0 heterocycles. The normalized spacial score (nSPS) is 14.5. The fraction of sp³-hybridized carbons (Fsp3) is 0.571. The maximum Gasteiger partial charge on any atom is 0.419 e. The standard InChI is InChI=1S/C14H18F4O/c1-13(2,3)12(19)7-5-9-4-6-11(15)10(8-9)14(16,17)18/h4,6,8,12,19H,5,7H2,1-3H3. The minimum atomic E-state index is -4.69. The van der Waals surface area contributed by atoms with Crippen molar-refractivity contribution in [2.75, 3.05) is 0 Å². The van der Waals surface area contributed by atoms with Crippen molar-refractivity contribution in [1.29, 1.82) is 0 Å². The van der Waals surface area contributed by atoms with Crippen molar-refractivity contribution in [3.05, 3.63) is 35.1 Å². The summed E-state index contributed by atoms with van der Waals surface area (Å²) in [5.41, 5.74) is -1.21. The van der Waals surface area contributed by atoms with Crippen LogP contribution in [0.2, 0.25) is 0 Å². The summed E-state index contributed by atoms with van der Waals surface area (Å²) in [6.07, 6.45) is -4.69. The fourth-order valence-electron chi connectivity index (χ4n) is 1.68. The molecule has 1 aromatic rings. The zero-order valence-electron chi connectivity index (χ0n) is 11.2. The van der Waals surface area contributed by atoms with Gasteiger partial charge in [0.25, 0.3) is 0 Å². The zero-order chi connectivity index (χ0) is 14.8. The molecule has 1 N–H and O–H groups in total. The second kappa shape index (κ2) is 5.49. The molecule has 0 saturated carbocycles. The lowest BCUT2D eigenvalue weighted by atomic mass is 9.85. The lowest BCUT2D eigenvalue weighted by molar-refractivity contribution is -0.140. The Morgan fingerprint density at radius 3 is 2.21 bits per heavy atom. The van der Waals surface area contributed by atoms with Gasteiger partial charge in [0, 0.05) is 0 Å². The van der Waals surface area contributed by atoms with E-state index in [4.69, 9.17) is 0 Å². The van der Waals surface area contributed by atoms with Crippen LogP contribution in [0, 0.1) is 11.2 Å². The quantitative estimate of drug-likeness (QED) is 0.822. The summed E-state index contributed by atoms with van der Waals surface area (Å²) in [6.45, 7) is 5.55. The van der Waals surface area contributed by atoms with Gasteiger partial charge in [-0.05, 0) is 36.0 Å². The van der Waals surface area contributed by atoms with E-state index in [-0.39, 0.29) is 11.8 Å². The van der Waals surface area contributed by atoms with E-state index >= 15 is 0 Å². The van der Waals surface area contributed by atoms with Crippen molar-refractivity contribution < 1.29 is 22.7 Å². The number of hydrogen-bond donors (Lipinski definition) is 1. The van der Waals surface area contributed by atoms with E-state index in [0.717, 1.165) is 12.1 Å². The molecule has 0 fully saturated rings. The van der Waals surface area contributed by atoms with Gasteiger partial charge in [-0.3, -0.25) is 0 Å². The smallest absolute Gasteiger partial charge is 0.393 e. The van der Waals surface area contributed by atoms with E-state index in [9.17, 15) is 22.7 Å². The van der Waals surface area contributed by atoms with Crippen molar-refractivity contribution in [2.24, 2.45) is 5.41 Å². The molecule has 19 heavy (non-hydrogen) atoms. The zero-order valence-corrected chi connectivity index (χ0v) is 11.2. The highest BCUT2D eigenvalue weighted by atomic mass is 19.4. The van der Waals surface area contributed by atoms with E-state index < -0.39 is 23.7 Å². The van der Waals surface area contributed by atoms with Gasteiger partial charge in [-0.1, -0.05) is 26.8 Å². The van der Waals surface area contributed by atoms with Crippen LogP contribution >= 0.6 is 0 Å². The predicted octanol–water partition coefficient (Wildman–Crippen LogP) is 4.18. The van der Waals surface area contributed by atoms with Crippen molar-refractivity contribution >= 4 is 0 Å². The predicted molar refractivity (Wildman–Crippen MR) is 65.2 cm³/mol. The number of halogens is 4. The molecule has 1 unspecified atom stereocenters. The molecule has 0 amide bonds. The molecular formula is C14H18F4O. The molecule has 0 spiro atoms. The lowest BCUT2D eigenvalue weighted by Crippen LogP contribution is -2.26. The molecule has 1 aromatic carbocycles. The van der Waals surface area contributed by atoms with Crippen LogP contribution < -0.4 is 0 Å². The minimum absolute atomic E-state index is 0.280. The Labute approximate surface area is 110 Å². The number of rotatable bonds is 3. The van der Waals surface area contributed by atoms with Gasteiger partial charge in [0.1, 0.15) is 5.82 Å². The summed E-state index contributed by atoms with van der Waals surface area (Å²) >= 11 is 0. The molecule has 108 valence electrons. The van der Waals surface area contributed by atoms with Gasteiger partial charge in [-0.25, -0.2) is 4.39 Å². The molecule has 0 aliphatic rings. The van der Waals surface area contributed by atoms with Crippen LogP contribution in [-0.2, 0) is 12.6 Å². The Kier molecular flexibility index (Phi) is 4.61. The van der Waals surface area contributed by atoms with Crippen molar-refractivity contribution in [3.63, 3.8) is 0 Å². The first-order chi connectivity index (χ1) is 8.51. The number of aliphatic hydroxyl groups excluding tert-OH is 1. The van der Waals surface area contributed by atoms with E-state index in [1.807, 2.05) is 20.8 Å². The van der Waals surface area contributed by atoms with Gasteiger partial charge in [0.05, 0.1) is 11.7 Å². The Bertz CT molecular complexity index is 432. The largest absolute Gasteiger partial charge is 0.419 e. The average molecular weight is 278 g/mol. The van der Waals surface area contributed by atoms with E-state index in [0.29, 0.717) is 12.0 Å². The van der Waals surface area contributed by atoms with Gasteiger partial charge in [-0.2, -0.15) is 13.2 Å². The SMILES string of the molecule is CC(C)(C)C(O)CCc1ccc(F)c(C(F)(F)F)c1. The minimum Gasteiger partial charge on any atom is -0.393 e. The molecule has 0 aromatic heterocycles. The number of aliphatic hydroxyl groups is 1. The Balaban J connectivity index is 2.82. The average Bonchev–Trinajstić information content (AvgIpc) is 2.24. The third kappa shape index (κ3) is 4.49. The summed E-state index contributed by atoms with van der Waals surface area (Å²) in [7, 11) is 0. The third-order valence-corrected chi connectivity index (χ3v) is 3.04. The van der Waals surface area contributed by atoms with Crippen molar-refractivity contribution in [3.8, 4) is 0 Å². The number of benzene rings is 1. The highest BCUT2D eigenvalue weighted by Gasteiger charge is 2.34. The second-order valence-electron chi connectivity index (χ2n) is 5.73. The summed E-state index contributed by atoms with van der Waals surface area (Å²) in [4.78, 5) is 0. The molecule has 5 heteroatoms. The topological polar surface area (TPSA) is 20.2 Å². The van der Waals surface area contributed by atoms with Gasteiger partial charge < -0.3 is 5.11 Å². The monoisotopic (exact) mass is 278 g/mol. The third-order valence-electron chi connectivity index (χ3n) is 3.04. The first-order valence-corrected chi connectivity index (χ1v) is 6.05. The molecule has 0 radical (unpaired) electrons. The maximum absolute atomic E-state index is 13.1. The highest BCUT2D eigenvalue weighted by molar-refractivity contribution is 5.27. The number of hydrogen-bond acceptors (Lipinski definition) is 1. The summed E-state index contributed by atoms with van der Waals surface area (Å²) in [6, 6.07) is 2.95. The van der Waals surface area contributed by atoms with E-state index in [1.165, 1.54) is 6.07 Å². The van der Waals surface area contributed by atoms with Gasteiger partial charge in [-0.15, -0.1) is 0 Å². The molecular weight excluding hydrogens is 260 g/mol. The first-order valence-electron chi connectivity index (χ1n) is 6.05. The van der Waals surface area contributed by atoms with E-state index in [1.54, 1.807) is 0 Å². The first kappa shape index (κ1) is 16.0. The van der Waals surface area contributed by atoms with Crippen LogP contribution in [0.1, 0.15) is 38.3 Å². The van der Waals surface area contributed by atoms with Crippen LogP contribution in [0.4, 0.5) is 17.6 Å². The molecule has 0 bridgehead atoms. The van der Waals surface area contributed by atoms with Crippen LogP contribution in [0.3, 0.4) is 0 Å². The van der Waals surface area contributed by atoms with E-state index in [2.05, 4.69) is 0 Å². The maximum atomic E-state index is 13.1. The molecule has 0 aliphatic carbocycles. The summed E-state index contributed by atoms with van der Waals surface area (Å²) in [5.74, 6) is -1.27. The molecule has 0 saturated heterocycles. The summed E-state index contributed by atoms with van der Waals surface area (Å²) < 4.78 is 50.7. The van der Waals surface area contributed by atoms with Gasteiger partial charge in [0.15, 0.2) is 0 Å². The Morgan fingerprint density at radius 2 is 1.74 bits per heavy atom. The van der Waals surface area contributed by atoms with Crippen LogP contribution in [0.15, 0.2) is 18.2 Å². The van der Waals surface area contributed by atoms with Gasteiger partial charge in [0.2, 0.25) is 0 Å². The van der Waals surface area contributed by atoms with Gasteiger partial charge >= 0.3 is 6.18 Å². The molecule has 1 rings (SSSR count). The van der Waals surface area contributed by atoms with Crippen LogP contribution in [0.25, 0.3) is 0 Å². The van der Waals surface area contributed by atoms with Crippen LogP contribution in [0.5, 0.6) is 0 Å².